The van der Waals surface area contributed by atoms with Crippen LogP contribution in [-0.2, 0) is 4.79 Å². The summed E-state index contributed by atoms with van der Waals surface area (Å²) >= 11 is 0. The molecule has 0 saturated carbocycles. The number of amides is 4. The Morgan fingerprint density at radius 2 is 1.76 bits per heavy atom. The van der Waals surface area contributed by atoms with E-state index >= 15 is 0 Å². The third kappa shape index (κ3) is 3.47. The highest BCUT2D eigenvalue weighted by molar-refractivity contribution is 6.27. The van der Waals surface area contributed by atoms with Gasteiger partial charge < -0.3 is 11.5 Å². The lowest BCUT2D eigenvalue weighted by atomic mass is 10.1. The van der Waals surface area contributed by atoms with Crippen LogP contribution < -0.4 is 17.0 Å². The molecule has 1 aromatic rings. The van der Waals surface area contributed by atoms with Crippen molar-refractivity contribution >= 4 is 29.8 Å². The number of nitrogens with zero attached hydrogens (tertiary/aromatic N) is 3. The van der Waals surface area contributed by atoms with Crippen molar-refractivity contribution in [2.45, 2.75) is 13.8 Å². The molecule has 1 aliphatic heterocycles. The Morgan fingerprint density at radius 3 is 2.28 bits per heavy atom. The van der Waals surface area contributed by atoms with Gasteiger partial charge in [0.05, 0.1) is 16.8 Å². The highest BCUT2D eigenvalue weighted by atomic mass is 16.2. The first-order chi connectivity index (χ1) is 11.7. The minimum Gasteiger partial charge on any atom is -0.350 e. The number of aromatic amines is 1. The molecule has 0 radical (unpaired) electrons. The lowest BCUT2D eigenvalue weighted by Gasteiger charge is -2.03. The zero-order chi connectivity index (χ0) is 18.7. The number of aromatic nitrogens is 2. The summed E-state index contributed by atoms with van der Waals surface area (Å²) in [5.41, 5.74) is 10.9. The molecule has 2 rings (SSSR count). The number of nitrogens with two attached hydrogens (primary N) is 2. The minimum absolute atomic E-state index is 0.234. The highest BCUT2D eigenvalue weighted by Crippen LogP contribution is 2.14. The smallest absolute Gasteiger partial charge is 0.342 e. The van der Waals surface area contributed by atoms with Gasteiger partial charge in [-0.25, -0.2) is 9.59 Å². The Hall–Kier alpha value is -3.69. The average Bonchev–Trinajstić information content (AvgIpc) is 2.98. The molecule has 1 aliphatic rings. The predicted octanol–water partition coefficient (Wildman–Crippen LogP) is 0.204. The maximum atomic E-state index is 11.9. The fourth-order valence-electron chi connectivity index (χ4n) is 2.14. The van der Waals surface area contributed by atoms with E-state index in [0.717, 1.165) is 0 Å². The topological polar surface area (TPSA) is 157 Å². The largest absolute Gasteiger partial charge is 0.350 e. The van der Waals surface area contributed by atoms with E-state index in [1.54, 1.807) is 32.1 Å². The van der Waals surface area contributed by atoms with Crippen LogP contribution in [0.25, 0.3) is 6.08 Å². The number of primary amides is 2. The van der Waals surface area contributed by atoms with Crippen molar-refractivity contribution in [2.24, 2.45) is 16.6 Å². The number of carbonyl (C=O) groups excluding carboxylic acids is 3. The number of rotatable bonds is 3. The molecule has 0 bridgehead atoms. The van der Waals surface area contributed by atoms with E-state index in [2.05, 4.69) is 10.2 Å². The normalized spacial score (nSPS) is 16.4. The zero-order valence-corrected chi connectivity index (χ0v) is 13.5. The molecule has 0 aliphatic carbocycles. The van der Waals surface area contributed by atoms with Gasteiger partial charge in [0.15, 0.2) is 0 Å². The van der Waals surface area contributed by atoms with Gasteiger partial charge in [0.1, 0.15) is 0 Å². The van der Waals surface area contributed by atoms with Crippen molar-refractivity contribution in [2.75, 3.05) is 0 Å². The number of hydrazone groups is 1. The fraction of sp³-hybridized carbons (Fsp3) is 0.133. The molecule has 0 spiro atoms. The van der Waals surface area contributed by atoms with Crippen LogP contribution in [-0.4, -0.2) is 38.5 Å². The van der Waals surface area contributed by atoms with Crippen molar-refractivity contribution < 1.29 is 14.4 Å². The molecule has 0 fully saturated rings. The van der Waals surface area contributed by atoms with E-state index < -0.39 is 23.5 Å². The van der Waals surface area contributed by atoms with Crippen LogP contribution in [0, 0.1) is 6.92 Å². The van der Waals surface area contributed by atoms with Gasteiger partial charge in [0, 0.05) is 5.69 Å². The molecule has 0 unspecified atom stereocenters. The molecule has 2 heterocycles. The van der Waals surface area contributed by atoms with E-state index in [-0.39, 0.29) is 11.1 Å². The third-order valence-corrected chi connectivity index (χ3v) is 3.36. The van der Waals surface area contributed by atoms with Crippen LogP contribution in [0.4, 0.5) is 9.59 Å². The molecule has 10 nitrogen and oxygen atoms in total. The van der Waals surface area contributed by atoms with Crippen LogP contribution in [0.2, 0.25) is 0 Å². The molecule has 1 aromatic heterocycles. The Balaban J connectivity index is 2.15. The maximum absolute atomic E-state index is 11.9. The van der Waals surface area contributed by atoms with Gasteiger partial charge in [-0.1, -0.05) is 18.2 Å². The van der Waals surface area contributed by atoms with Crippen LogP contribution in [0.15, 0.2) is 39.8 Å². The van der Waals surface area contributed by atoms with Gasteiger partial charge in [-0.15, -0.1) is 5.01 Å². The Kier molecular flexibility index (Phi) is 4.82. The number of aryl methyl sites for hydroxylation is 1. The SMILES string of the molecule is CC1=NN(C(N)=O)C(=O)\C1=C/C=C/C=C/c1c(C)[nH]n(C(N)=O)c1=O. The van der Waals surface area contributed by atoms with Gasteiger partial charge in [0.25, 0.3) is 11.5 Å². The monoisotopic (exact) mass is 344 g/mol. The highest BCUT2D eigenvalue weighted by Gasteiger charge is 2.30. The summed E-state index contributed by atoms with van der Waals surface area (Å²) < 4.78 is 0.704. The molecular weight excluding hydrogens is 328 g/mol. The number of carbonyl (C=O) groups is 3. The standard InChI is InChI=1S/C15H16N6O4/c1-8-10(12(22)20(18-8)14(16)24)6-4-3-5-7-11-9(2)19-21(13(11)23)15(17)25/h3-7,18H,1-2H3,(H2,16,24)(H2,17,25)/b5-3+,6-4+,11-7-. The summed E-state index contributed by atoms with van der Waals surface area (Å²) in [5, 5.41) is 6.89. The van der Waals surface area contributed by atoms with Crippen molar-refractivity contribution in [3.63, 3.8) is 0 Å². The summed E-state index contributed by atoms with van der Waals surface area (Å²) in [7, 11) is 0. The summed E-state index contributed by atoms with van der Waals surface area (Å²) in [6.45, 7) is 3.20. The first-order valence-electron chi connectivity index (χ1n) is 7.10. The van der Waals surface area contributed by atoms with Gasteiger partial charge in [0.2, 0.25) is 0 Å². The van der Waals surface area contributed by atoms with Crippen molar-refractivity contribution in [3.05, 3.63) is 51.5 Å². The molecule has 25 heavy (non-hydrogen) atoms. The van der Waals surface area contributed by atoms with Gasteiger partial charge >= 0.3 is 12.1 Å². The maximum Gasteiger partial charge on any atom is 0.342 e. The fourth-order valence-corrected chi connectivity index (χ4v) is 2.14. The van der Waals surface area contributed by atoms with E-state index in [9.17, 15) is 19.2 Å². The number of hydrogen-bond donors (Lipinski definition) is 3. The summed E-state index contributed by atoms with van der Waals surface area (Å²) in [6.07, 6.45) is 7.64. The third-order valence-electron chi connectivity index (χ3n) is 3.36. The van der Waals surface area contributed by atoms with Crippen molar-refractivity contribution in [3.8, 4) is 0 Å². The van der Waals surface area contributed by atoms with Crippen LogP contribution in [0.1, 0.15) is 18.2 Å². The lowest BCUT2D eigenvalue weighted by molar-refractivity contribution is -0.122. The number of H-pyrrole nitrogens is 1. The summed E-state index contributed by atoms with van der Waals surface area (Å²) in [6, 6.07) is -1.85. The molecule has 5 N–H and O–H groups in total. The van der Waals surface area contributed by atoms with Crippen molar-refractivity contribution in [1.82, 2.24) is 14.8 Å². The van der Waals surface area contributed by atoms with E-state index in [1.165, 1.54) is 12.2 Å². The van der Waals surface area contributed by atoms with E-state index in [4.69, 9.17) is 11.5 Å². The number of nitrogens with one attached hydrogen (secondary N) is 1. The summed E-state index contributed by atoms with van der Waals surface area (Å²) in [4.78, 5) is 45.9. The van der Waals surface area contributed by atoms with Crippen LogP contribution >= 0.6 is 0 Å². The van der Waals surface area contributed by atoms with Gasteiger partial charge in [-0.05, 0) is 26.0 Å². The van der Waals surface area contributed by atoms with Crippen LogP contribution in [0.3, 0.4) is 0 Å². The van der Waals surface area contributed by atoms with Crippen molar-refractivity contribution in [1.29, 1.82) is 0 Å². The Morgan fingerprint density at radius 1 is 1.08 bits per heavy atom. The molecule has 4 amide bonds. The second-order valence-electron chi connectivity index (χ2n) is 5.09. The second kappa shape index (κ2) is 6.83. The number of imide groups is 1. The number of urea groups is 1. The molecule has 0 saturated heterocycles. The second-order valence-corrected chi connectivity index (χ2v) is 5.09. The van der Waals surface area contributed by atoms with E-state index in [0.29, 0.717) is 21.1 Å². The van der Waals surface area contributed by atoms with Crippen LogP contribution in [0.5, 0.6) is 0 Å². The van der Waals surface area contributed by atoms with Gasteiger partial charge in [-0.2, -0.15) is 9.78 Å². The Labute approximate surface area is 141 Å². The molecule has 130 valence electrons. The first-order valence-corrected chi connectivity index (χ1v) is 7.10. The minimum atomic E-state index is -0.953. The number of hydrogen-bond acceptors (Lipinski definition) is 5. The molecule has 0 atom stereocenters. The molecule has 10 heteroatoms. The summed E-state index contributed by atoms with van der Waals surface area (Å²) in [5.74, 6) is -0.607. The quantitative estimate of drug-likeness (QED) is 0.529. The molecular formula is C15H16N6O4. The Bertz CT molecular complexity index is 928. The average molecular weight is 344 g/mol. The molecule has 0 aromatic carbocycles. The van der Waals surface area contributed by atoms with Gasteiger partial charge in [-0.3, -0.25) is 14.7 Å². The first kappa shape index (κ1) is 17.7. The zero-order valence-electron chi connectivity index (χ0n) is 13.5. The van der Waals surface area contributed by atoms with E-state index in [1.807, 2.05) is 0 Å². The lowest BCUT2D eigenvalue weighted by Crippen LogP contribution is -2.33. The predicted molar refractivity (Wildman–Crippen MR) is 90.6 cm³/mol. The number of allylic oxidation sites excluding steroid dienone is 4.